The molecule has 28 heavy (non-hydrogen) atoms. The zero-order valence-corrected chi connectivity index (χ0v) is 15.9. The summed E-state index contributed by atoms with van der Waals surface area (Å²) in [5.41, 5.74) is -0.810. The lowest BCUT2D eigenvalue weighted by Crippen LogP contribution is -2.37. The molecule has 0 aromatic heterocycles. The average Bonchev–Trinajstić information content (AvgIpc) is 2.63. The molecule has 0 spiro atoms. The topological polar surface area (TPSA) is 67.8 Å². The third-order valence-electron chi connectivity index (χ3n) is 3.41. The van der Waals surface area contributed by atoms with Crippen LogP contribution in [0.25, 0.3) is 0 Å². The van der Waals surface area contributed by atoms with Crippen LogP contribution in [-0.4, -0.2) is 36.9 Å². The van der Waals surface area contributed by atoms with Gasteiger partial charge in [-0.25, -0.2) is 4.39 Å². The summed E-state index contributed by atoms with van der Waals surface area (Å²) in [4.78, 5) is 11.7. The van der Waals surface area contributed by atoms with E-state index in [4.69, 9.17) is 9.47 Å². The van der Waals surface area contributed by atoms with E-state index in [-0.39, 0.29) is 24.7 Å². The zero-order valence-electron chi connectivity index (χ0n) is 14.3. The lowest BCUT2D eigenvalue weighted by molar-refractivity contribution is -0.137. The molecule has 1 amide bonds. The Morgan fingerprint density at radius 3 is 2.43 bits per heavy atom. The Bertz CT molecular complexity index is 799. The Balaban J connectivity index is 1.70. The number of carbonyl (C=O) groups is 1. The number of aliphatic hydroxyl groups is 1. The molecular formula is C18H16BrF4NO4. The highest BCUT2D eigenvalue weighted by molar-refractivity contribution is 9.10. The van der Waals surface area contributed by atoms with Crippen LogP contribution in [0.15, 0.2) is 46.9 Å². The molecule has 152 valence electrons. The quantitative estimate of drug-likeness (QED) is 0.585. The molecule has 0 saturated carbocycles. The van der Waals surface area contributed by atoms with E-state index >= 15 is 0 Å². The van der Waals surface area contributed by atoms with Gasteiger partial charge in [-0.15, -0.1) is 0 Å². The first-order valence-electron chi connectivity index (χ1n) is 7.98. The number of nitrogens with one attached hydrogen (secondary N) is 1. The van der Waals surface area contributed by atoms with Gasteiger partial charge < -0.3 is 19.9 Å². The number of hydrogen-bond donors (Lipinski definition) is 2. The predicted octanol–water partition coefficient (Wildman–Crippen LogP) is 3.54. The maximum Gasteiger partial charge on any atom is 0.416 e. The van der Waals surface area contributed by atoms with Gasteiger partial charge in [0.1, 0.15) is 18.5 Å². The Kier molecular flexibility index (Phi) is 7.64. The number of benzene rings is 2. The highest BCUT2D eigenvalue weighted by Crippen LogP contribution is 2.30. The summed E-state index contributed by atoms with van der Waals surface area (Å²) in [6.45, 7) is -0.871. The van der Waals surface area contributed by atoms with Crippen LogP contribution >= 0.6 is 15.9 Å². The highest BCUT2D eigenvalue weighted by Gasteiger charge is 2.30. The molecule has 0 aliphatic heterocycles. The molecule has 0 radical (unpaired) electrons. The molecule has 0 bridgehead atoms. The van der Waals surface area contributed by atoms with Crippen LogP contribution in [0.2, 0.25) is 0 Å². The van der Waals surface area contributed by atoms with Crippen molar-refractivity contribution >= 4 is 21.8 Å². The molecule has 2 aromatic carbocycles. The maximum atomic E-state index is 13.6. The van der Waals surface area contributed by atoms with Gasteiger partial charge in [0.2, 0.25) is 0 Å². The summed E-state index contributed by atoms with van der Waals surface area (Å²) in [7, 11) is 0. The zero-order chi connectivity index (χ0) is 20.7. The summed E-state index contributed by atoms with van der Waals surface area (Å²) >= 11 is 3.10. The fraction of sp³-hybridized carbons (Fsp3) is 0.278. The number of ether oxygens (including phenoxy) is 2. The van der Waals surface area contributed by atoms with Crippen molar-refractivity contribution in [2.24, 2.45) is 0 Å². The molecule has 0 aliphatic carbocycles. The van der Waals surface area contributed by atoms with E-state index in [9.17, 15) is 27.5 Å². The standard InChI is InChI=1S/C18H16BrF4NO4/c19-12-3-6-16(15(20)7-12)28-10-17(26)24-8-13(25)9-27-14-4-1-11(2-5-14)18(21,22)23/h1-7,13,25H,8-10H2,(H,24,26). The van der Waals surface area contributed by atoms with Gasteiger partial charge in [-0.3, -0.25) is 4.79 Å². The van der Waals surface area contributed by atoms with E-state index in [1.807, 2.05) is 0 Å². The fourth-order valence-electron chi connectivity index (χ4n) is 2.01. The third kappa shape index (κ3) is 7.01. The highest BCUT2D eigenvalue weighted by atomic mass is 79.9. The van der Waals surface area contributed by atoms with E-state index < -0.39 is 36.2 Å². The number of rotatable bonds is 8. The van der Waals surface area contributed by atoms with Gasteiger partial charge in [0.15, 0.2) is 18.2 Å². The van der Waals surface area contributed by atoms with Crippen molar-refractivity contribution in [1.29, 1.82) is 0 Å². The van der Waals surface area contributed by atoms with Crippen LogP contribution in [0.5, 0.6) is 11.5 Å². The Hall–Kier alpha value is -2.33. The number of carbonyl (C=O) groups excluding carboxylic acids is 1. The minimum atomic E-state index is -4.44. The van der Waals surface area contributed by atoms with Crippen molar-refractivity contribution in [2.45, 2.75) is 12.3 Å². The van der Waals surface area contributed by atoms with Crippen LogP contribution in [0.1, 0.15) is 5.56 Å². The SMILES string of the molecule is O=C(COc1ccc(Br)cc1F)NCC(O)COc1ccc(C(F)(F)F)cc1. The second-order valence-corrected chi connectivity index (χ2v) is 6.57. The lowest BCUT2D eigenvalue weighted by atomic mass is 10.2. The van der Waals surface area contributed by atoms with Crippen LogP contribution < -0.4 is 14.8 Å². The first-order valence-corrected chi connectivity index (χ1v) is 8.77. The summed E-state index contributed by atoms with van der Waals surface area (Å²) in [5, 5.41) is 12.2. The number of alkyl halides is 3. The second kappa shape index (κ2) is 9.74. The molecule has 0 heterocycles. The largest absolute Gasteiger partial charge is 0.491 e. The first-order chi connectivity index (χ1) is 13.1. The molecule has 0 fully saturated rings. The van der Waals surface area contributed by atoms with E-state index in [1.165, 1.54) is 12.1 Å². The first kappa shape index (κ1) is 22.0. The van der Waals surface area contributed by atoms with Gasteiger partial charge in [0.25, 0.3) is 5.91 Å². The Morgan fingerprint density at radius 2 is 1.82 bits per heavy atom. The van der Waals surface area contributed by atoms with Crippen molar-refractivity contribution in [2.75, 3.05) is 19.8 Å². The van der Waals surface area contributed by atoms with Crippen molar-refractivity contribution in [3.05, 3.63) is 58.3 Å². The number of halogens is 5. The molecule has 0 saturated heterocycles. The molecule has 2 rings (SSSR count). The Morgan fingerprint density at radius 1 is 1.14 bits per heavy atom. The molecule has 1 atom stereocenters. The number of aliphatic hydroxyl groups excluding tert-OH is 1. The molecule has 0 aliphatic rings. The lowest BCUT2D eigenvalue weighted by Gasteiger charge is -2.14. The minimum Gasteiger partial charge on any atom is -0.491 e. The van der Waals surface area contributed by atoms with Crippen LogP contribution in [-0.2, 0) is 11.0 Å². The van der Waals surface area contributed by atoms with Crippen LogP contribution in [0.4, 0.5) is 17.6 Å². The monoisotopic (exact) mass is 465 g/mol. The minimum absolute atomic E-state index is 0.0930. The fourth-order valence-corrected chi connectivity index (χ4v) is 2.34. The van der Waals surface area contributed by atoms with Crippen molar-refractivity contribution in [1.82, 2.24) is 5.32 Å². The van der Waals surface area contributed by atoms with Crippen LogP contribution in [0.3, 0.4) is 0 Å². The van der Waals surface area contributed by atoms with Gasteiger partial charge in [-0.05, 0) is 42.5 Å². The van der Waals surface area contributed by atoms with Gasteiger partial charge in [0, 0.05) is 11.0 Å². The molecule has 2 N–H and O–H groups in total. The van der Waals surface area contributed by atoms with Crippen molar-refractivity contribution in [3.8, 4) is 11.5 Å². The molecular weight excluding hydrogens is 450 g/mol. The number of amides is 1. The van der Waals surface area contributed by atoms with Gasteiger partial charge >= 0.3 is 6.18 Å². The van der Waals surface area contributed by atoms with Crippen LogP contribution in [0, 0.1) is 5.82 Å². The van der Waals surface area contributed by atoms with Gasteiger partial charge in [-0.2, -0.15) is 13.2 Å². The molecule has 10 heteroatoms. The van der Waals surface area contributed by atoms with E-state index in [2.05, 4.69) is 21.2 Å². The summed E-state index contributed by atoms with van der Waals surface area (Å²) in [6, 6.07) is 8.10. The normalized spacial score (nSPS) is 12.4. The van der Waals surface area contributed by atoms with Gasteiger partial charge in [0.05, 0.1) is 5.56 Å². The molecule has 5 nitrogen and oxygen atoms in total. The number of hydrogen-bond acceptors (Lipinski definition) is 4. The average molecular weight is 466 g/mol. The summed E-state index contributed by atoms with van der Waals surface area (Å²) in [5.74, 6) is -1.17. The Labute approximate surface area is 166 Å². The third-order valence-corrected chi connectivity index (χ3v) is 3.90. The maximum absolute atomic E-state index is 13.6. The van der Waals surface area contributed by atoms with Crippen molar-refractivity contribution < 1.29 is 36.9 Å². The van der Waals surface area contributed by atoms with Gasteiger partial charge in [-0.1, -0.05) is 15.9 Å². The van der Waals surface area contributed by atoms with Crippen molar-refractivity contribution in [3.63, 3.8) is 0 Å². The molecule has 2 aromatic rings. The van der Waals surface area contributed by atoms with E-state index in [0.717, 1.165) is 24.3 Å². The molecule has 1 unspecified atom stereocenters. The summed E-state index contributed by atoms with van der Waals surface area (Å²) < 4.78 is 61.7. The van der Waals surface area contributed by atoms with E-state index in [1.54, 1.807) is 6.07 Å². The van der Waals surface area contributed by atoms with E-state index in [0.29, 0.717) is 4.47 Å². The summed E-state index contributed by atoms with van der Waals surface area (Å²) in [6.07, 6.45) is -5.54. The smallest absolute Gasteiger partial charge is 0.416 e. The predicted molar refractivity (Wildman–Crippen MR) is 95.6 cm³/mol. The second-order valence-electron chi connectivity index (χ2n) is 5.65.